The van der Waals surface area contributed by atoms with E-state index < -0.39 is 6.04 Å². The van der Waals surface area contributed by atoms with Gasteiger partial charge in [-0.3, -0.25) is 14.4 Å². The summed E-state index contributed by atoms with van der Waals surface area (Å²) in [6.45, 7) is 5.26. The average molecular weight is 460 g/mol. The van der Waals surface area contributed by atoms with E-state index in [2.05, 4.69) is 26.6 Å². The fraction of sp³-hybridized carbons (Fsp3) is 0.318. The molecule has 7 heteroatoms. The zero-order valence-corrected chi connectivity index (χ0v) is 18.7. The molecule has 2 aromatic rings. The smallest absolute Gasteiger partial charge is 0.243 e. The van der Waals surface area contributed by atoms with E-state index in [1.165, 1.54) is 11.8 Å². The van der Waals surface area contributed by atoms with Gasteiger partial charge in [-0.05, 0) is 48.7 Å². The third-order valence-electron chi connectivity index (χ3n) is 4.71. The van der Waals surface area contributed by atoms with Gasteiger partial charge in [-0.1, -0.05) is 40.2 Å². The number of anilines is 1. The van der Waals surface area contributed by atoms with Gasteiger partial charge in [0.15, 0.2) is 0 Å². The molecule has 2 N–H and O–H groups in total. The molecule has 0 heterocycles. The first-order valence-corrected chi connectivity index (χ1v) is 10.1. The number of carbonyl (C=O) groups excluding carboxylic acids is 3. The highest BCUT2D eigenvalue weighted by molar-refractivity contribution is 9.10. The third kappa shape index (κ3) is 6.71. The summed E-state index contributed by atoms with van der Waals surface area (Å²) < 4.78 is 0.911. The summed E-state index contributed by atoms with van der Waals surface area (Å²) >= 11 is 3.38. The van der Waals surface area contributed by atoms with Crippen LogP contribution in [0.15, 0.2) is 46.9 Å². The fourth-order valence-electron chi connectivity index (χ4n) is 2.90. The topological polar surface area (TPSA) is 78.5 Å². The standard InChI is InChI=1S/C22H26BrN3O3/c1-14-6-5-7-19(15(14)2)25-21(28)13-26(4)22(29)12-20(24-16(3)27)17-8-10-18(23)11-9-17/h5-11,20H,12-13H2,1-4H3,(H,24,27)(H,25,28). The molecule has 0 saturated heterocycles. The van der Waals surface area contributed by atoms with Gasteiger partial charge in [0.2, 0.25) is 17.7 Å². The number of hydrogen-bond acceptors (Lipinski definition) is 3. The molecule has 0 aliphatic carbocycles. The molecular weight excluding hydrogens is 434 g/mol. The van der Waals surface area contributed by atoms with E-state index in [4.69, 9.17) is 0 Å². The van der Waals surface area contributed by atoms with E-state index >= 15 is 0 Å². The van der Waals surface area contributed by atoms with E-state index in [0.717, 1.165) is 26.9 Å². The van der Waals surface area contributed by atoms with Crippen LogP contribution in [0.25, 0.3) is 0 Å². The summed E-state index contributed by atoms with van der Waals surface area (Å²) in [7, 11) is 1.58. The van der Waals surface area contributed by atoms with Gasteiger partial charge in [-0.25, -0.2) is 0 Å². The number of aryl methyl sites for hydroxylation is 1. The SMILES string of the molecule is CC(=O)NC(CC(=O)N(C)CC(=O)Nc1cccc(C)c1C)c1ccc(Br)cc1. The minimum Gasteiger partial charge on any atom is -0.349 e. The predicted molar refractivity (Wildman–Crippen MR) is 117 cm³/mol. The minimum atomic E-state index is -0.461. The van der Waals surface area contributed by atoms with E-state index in [0.29, 0.717) is 0 Å². The lowest BCUT2D eigenvalue weighted by Crippen LogP contribution is -2.38. The second-order valence-electron chi connectivity index (χ2n) is 7.05. The second-order valence-corrected chi connectivity index (χ2v) is 7.97. The molecule has 0 aromatic heterocycles. The quantitative estimate of drug-likeness (QED) is 0.661. The van der Waals surface area contributed by atoms with Crippen molar-refractivity contribution >= 4 is 39.3 Å². The molecule has 0 fully saturated rings. The van der Waals surface area contributed by atoms with Crippen LogP contribution in [0.2, 0.25) is 0 Å². The summed E-state index contributed by atoms with van der Waals surface area (Å²) in [5.74, 6) is -0.724. The molecule has 0 aliphatic rings. The number of rotatable bonds is 7. The van der Waals surface area contributed by atoms with Crippen LogP contribution in [0.3, 0.4) is 0 Å². The summed E-state index contributed by atoms with van der Waals surface area (Å²) in [6.07, 6.45) is 0.0640. The van der Waals surface area contributed by atoms with Gasteiger partial charge in [-0.15, -0.1) is 0 Å². The Labute approximate surface area is 179 Å². The first-order valence-electron chi connectivity index (χ1n) is 9.30. The van der Waals surface area contributed by atoms with Crippen LogP contribution in [0.5, 0.6) is 0 Å². The summed E-state index contributed by atoms with van der Waals surface area (Å²) in [6, 6.07) is 12.6. The minimum absolute atomic E-state index is 0.0640. The zero-order chi connectivity index (χ0) is 21.6. The van der Waals surface area contributed by atoms with Crippen molar-refractivity contribution in [3.05, 3.63) is 63.6 Å². The molecule has 1 atom stereocenters. The molecule has 2 aromatic carbocycles. The van der Waals surface area contributed by atoms with Crippen molar-refractivity contribution in [3.63, 3.8) is 0 Å². The summed E-state index contributed by atoms with van der Waals surface area (Å²) in [5, 5.41) is 5.66. The first kappa shape index (κ1) is 22.6. The van der Waals surface area contributed by atoms with Crippen LogP contribution in [-0.2, 0) is 14.4 Å². The molecule has 0 bridgehead atoms. The number of nitrogens with zero attached hydrogens (tertiary/aromatic N) is 1. The number of halogens is 1. The van der Waals surface area contributed by atoms with E-state index in [1.807, 2.05) is 56.3 Å². The van der Waals surface area contributed by atoms with Crippen molar-refractivity contribution in [2.24, 2.45) is 0 Å². The molecule has 6 nitrogen and oxygen atoms in total. The molecule has 0 saturated carbocycles. The van der Waals surface area contributed by atoms with Crippen LogP contribution >= 0.6 is 15.9 Å². The first-order chi connectivity index (χ1) is 13.7. The number of nitrogens with one attached hydrogen (secondary N) is 2. The lowest BCUT2D eigenvalue weighted by Gasteiger charge is -2.22. The predicted octanol–water partition coefficient (Wildman–Crippen LogP) is 3.73. The Kier molecular flexibility index (Phi) is 7.96. The van der Waals surface area contributed by atoms with Crippen LogP contribution < -0.4 is 10.6 Å². The van der Waals surface area contributed by atoms with Gasteiger partial charge in [0.1, 0.15) is 0 Å². The highest BCUT2D eigenvalue weighted by Crippen LogP contribution is 2.21. The third-order valence-corrected chi connectivity index (χ3v) is 5.24. The lowest BCUT2D eigenvalue weighted by atomic mass is 10.0. The Balaban J connectivity index is 2.01. The Bertz CT molecular complexity index is 897. The highest BCUT2D eigenvalue weighted by atomic mass is 79.9. The van der Waals surface area contributed by atoms with Crippen molar-refractivity contribution in [2.45, 2.75) is 33.2 Å². The van der Waals surface area contributed by atoms with Crippen LogP contribution in [-0.4, -0.2) is 36.2 Å². The molecule has 2 rings (SSSR count). The molecule has 1 unspecified atom stereocenters. The maximum atomic E-state index is 12.7. The Morgan fingerprint density at radius 3 is 2.34 bits per heavy atom. The van der Waals surface area contributed by atoms with Gasteiger partial charge < -0.3 is 15.5 Å². The van der Waals surface area contributed by atoms with Gasteiger partial charge in [0.05, 0.1) is 19.0 Å². The molecular formula is C22H26BrN3O3. The van der Waals surface area contributed by atoms with Crippen molar-refractivity contribution < 1.29 is 14.4 Å². The average Bonchev–Trinajstić information content (AvgIpc) is 2.65. The molecule has 154 valence electrons. The maximum Gasteiger partial charge on any atom is 0.243 e. The van der Waals surface area contributed by atoms with Gasteiger partial charge in [-0.2, -0.15) is 0 Å². The maximum absolute atomic E-state index is 12.7. The Morgan fingerprint density at radius 2 is 1.72 bits per heavy atom. The number of likely N-dealkylation sites (N-methyl/N-ethyl adjacent to an activating group) is 1. The van der Waals surface area contributed by atoms with E-state index in [1.54, 1.807) is 7.05 Å². The lowest BCUT2D eigenvalue weighted by molar-refractivity contribution is -0.134. The summed E-state index contributed by atoms with van der Waals surface area (Å²) in [4.78, 5) is 38.0. The van der Waals surface area contributed by atoms with Gasteiger partial charge in [0.25, 0.3) is 0 Å². The Hall–Kier alpha value is -2.67. The molecule has 0 spiro atoms. The second kappa shape index (κ2) is 10.2. The van der Waals surface area contributed by atoms with Crippen molar-refractivity contribution in [3.8, 4) is 0 Å². The molecule has 3 amide bonds. The molecule has 29 heavy (non-hydrogen) atoms. The largest absolute Gasteiger partial charge is 0.349 e. The number of amides is 3. The van der Waals surface area contributed by atoms with Crippen LogP contribution in [0.1, 0.15) is 36.1 Å². The number of carbonyl (C=O) groups is 3. The monoisotopic (exact) mass is 459 g/mol. The number of benzene rings is 2. The van der Waals surface area contributed by atoms with Gasteiger partial charge >= 0.3 is 0 Å². The van der Waals surface area contributed by atoms with Crippen LogP contribution in [0.4, 0.5) is 5.69 Å². The van der Waals surface area contributed by atoms with Crippen molar-refractivity contribution in [1.29, 1.82) is 0 Å². The Morgan fingerprint density at radius 1 is 1.07 bits per heavy atom. The van der Waals surface area contributed by atoms with Gasteiger partial charge in [0, 0.05) is 24.1 Å². The zero-order valence-electron chi connectivity index (χ0n) is 17.1. The number of hydrogen-bond donors (Lipinski definition) is 2. The molecule has 0 radical (unpaired) electrons. The van der Waals surface area contributed by atoms with E-state index in [-0.39, 0.29) is 30.7 Å². The van der Waals surface area contributed by atoms with Crippen LogP contribution in [0, 0.1) is 13.8 Å². The van der Waals surface area contributed by atoms with Crippen molar-refractivity contribution in [2.75, 3.05) is 18.9 Å². The van der Waals surface area contributed by atoms with Crippen molar-refractivity contribution in [1.82, 2.24) is 10.2 Å². The molecule has 0 aliphatic heterocycles. The fourth-order valence-corrected chi connectivity index (χ4v) is 3.17. The summed E-state index contributed by atoms with van der Waals surface area (Å²) in [5.41, 5.74) is 3.64. The normalized spacial score (nSPS) is 11.5. The van der Waals surface area contributed by atoms with E-state index in [9.17, 15) is 14.4 Å². The highest BCUT2D eigenvalue weighted by Gasteiger charge is 2.21.